The Bertz CT molecular complexity index is 402. The van der Waals surface area contributed by atoms with Gasteiger partial charge in [0.15, 0.2) is 0 Å². The first-order chi connectivity index (χ1) is 10.2. The average Bonchev–Trinajstić information content (AvgIpc) is 2.96. The van der Waals surface area contributed by atoms with Crippen LogP contribution in [0.4, 0.5) is 0 Å². The highest BCUT2D eigenvalue weighted by atomic mass is 15.3. The Morgan fingerprint density at radius 2 is 1.86 bits per heavy atom. The van der Waals surface area contributed by atoms with Crippen LogP contribution >= 0.6 is 0 Å². The van der Waals surface area contributed by atoms with Gasteiger partial charge in [0.05, 0.1) is 11.7 Å². The SMILES string of the molecule is CCCNC(c1ccnn1CC)C1CCC(C(C)C)CC1. The highest BCUT2D eigenvalue weighted by molar-refractivity contribution is 5.09. The predicted molar refractivity (Wildman–Crippen MR) is 89.2 cm³/mol. The molecule has 1 N–H and O–H groups in total. The Labute approximate surface area is 130 Å². The lowest BCUT2D eigenvalue weighted by Gasteiger charge is -2.36. The van der Waals surface area contributed by atoms with Crippen molar-refractivity contribution in [2.45, 2.75) is 72.4 Å². The number of aromatic nitrogens is 2. The number of hydrogen-bond acceptors (Lipinski definition) is 2. The second-order valence-corrected chi connectivity index (χ2v) is 6.92. The molecule has 0 spiro atoms. The topological polar surface area (TPSA) is 29.9 Å². The number of aryl methyl sites for hydroxylation is 1. The van der Waals surface area contributed by atoms with Crippen LogP contribution in [0.2, 0.25) is 0 Å². The summed E-state index contributed by atoms with van der Waals surface area (Å²) in [5, 5.41) is 8.28. The molecule has 0 amide bonds. The van der Waals surface area contributed by atoms with Gasteiger partial charge in [-0.2, -0.15) is 5.10 Å². The first-order valence-electron chi connectivity index (χ1n) is 8.92. The molecule has 21 heavy (non-hydrogen) atoms. The van der Waals surface area contributed by atoms with Gasteiger partial charge in [-0.05, 0) is 69.4 Å². The van der Waals surface area contributed by atoms with Gasteiger partial charge >= 0.3 is 0 Å². The Kier molecular flexibility index (Phi) is 6.28. The first kappa shape index (κ1) is 16.5. The van der Waals surface area contributed by atoms with E-state index in [4.69, 9.17) is 0 Å². The summed E-state index contributed by atoms with van der Waals surface area (Å²) >= 11 is 0. The zero-order valence-electron chi connectivity index (χ0n) is 14.3. The van der Waals surface area contributed by atoms with Gasteiger partial charge in [-0.15, -0.1) is 0 Å². The molecule has 0 radical (unpaired) electrons. The fourth-order valence-electron chi connectivity index (χ4n) is 3.83. The first-order valence-corrected chi connectivity index (χ1v) is 8.92. The Balaban J connectivity index is 2.07. The summed E-state index contributed by atoms with van der Waals surface area (Å²) in [4.78, 5) is 0. The van der Waals surface area contributed by atoms with Crippen molar-refractivity contribution in [2.24, 2.45) is 17.8 Å². The standard InChI is InChI=1S/C18H33N3/c1-5-12-19-18(17-11-13-20-21(17)6-2)16-9-7-15(8-10-16)14(3)4/h11,13-16,18-19H,5-10,12H2,1-4H3. The van der Waals surface area contributed by atoms with Crippen molar-refractivity contribution in [3.63, 3.8) is 0 Å². The molecule has 2 rings (SSSR count). The van der Waals surface area contributed by atoms with E-state index in [0.717, 1.165) is 30.8 Å². The van der Waals surface area contributed by atoms with E-state index in [0.29, 0.717) is 6.04 Å². The Hall–Kier alpha value is -0.830. The maximum atomic E-state index is 4.48. The zero-order valence-corrected chi connectivity index (χ0v) is 14.3. The summed E-state index contributed by atoms with van der Waals surface area (Å²) in [5.41, 5.74) is 1.39. The third kappa shape index (κ3) is 4.09. The Morgan fingerprint density at radius 1 is 1.19 bits per heavy atom. The van der Waals surface area contributed by atoms with E-state index in [1.54, 1.807) is 0 Å². The van der Waals surface area contributed by atoms with Crippen LogP contribution in [-0.2, 0) is 6.54 Å². The van der Waals surface area contributed by atoms with Crippen molar-refractivity contribution in [3.8, 4) is 0 Å². The minimum absolute atomic E-state index is 0.487. The van der Waals surface area contributed by atoms with Crippen LogP contribution in [0.3, 0.4) is 0 Å². The molecular formula is C18H33N3. The number of nitrogens with zero attached hydrogens (tertiary/aromatic N) is 2. The molecule has 1 atom stereocenters. The van der Waals surface area contributed by atoms with E-state index in [1.807, 2.05) is 6.20 Å². The Morgan fingerprint density at radius 3 is 2.43 bits per heavy atom. The minimum Gasteiger partial charge on any atom is -0.308 e. The van der Waals surface area contributed by atoms with E-state index >= 15 is 0 Å². The summed E-state index contributed by atoms with van der Waals surface area (Å²) < 4.78 is 2.17. The highest BCUT2D eigenvalue weighted by Crippen LogP contribution is 2.39. The van der Waals surface area contributed by atoms with Crippen molar-refractivity contribution in [3.05, 3.63) is 18.0 Å². The highest BCUT2D eigenvalue weighted by Gasteiger charge is 2.30. The van der Waals surface area contributed by atoms with Crippen LogP contribution in [0.5, 0.6) is 0 Å². The van der Waals surface area contributed by atoms with Crippen molar-refractivity contribution in [2.75, 3.05) is 6.54 Å². The van der Waals surface area contributed by atoms with Crippen LogP contribution < -0.4 is 5.32 Å². The largest absolute Gasteiger partial charge is 0.308 e. The molecule has 1 aliphatic carbocycles. The van der Waals surface area contributed by atoms with Gasteiger partial charge in [0, 0.05) is 12.7 Å². The van der Waals surface area contributed by atoms with E-state index in [9.17, 15) is 0 Å². The molecule has 1 aromatic rings. The van der Waals surface area contributed by atoms with Gasteiger partial charge in [0.2, 0.25) is 0 Å². The summed E-state index contributed by atoms with van der Waals surface area (Å²) in [7, 11) is 0. The number of hydrogen-bond donors (Lipinski definition) is 1. The molecule has 1 aliphatic rings. The van der Waals surface area contributed by atoms with Gasteiger partial charge in [0.1, 0.15) is 0 Å². The van der Waals surface area contributed by atoms with Crippen LogP contribution in [0.1, 0.15) is 71.5 Å². The average molecular weight is 291 g/mol. The molecule has 0 saturated heterocycles. The van der Waals surface area contributed by atoms with Gasteiger partial charge < -0.3 is 5.32 Å². The molecule has 120 valence electrons. The molecule has 1 heterocycles. The molecule has 1 saturated carbocycles. The van der Waals surface area contributed by atoms with Gasteiger partial charge in [-0.3, -0.25) is 4.68 Å². The molecular weight excluding hydrogens is 258 g/mol. The monoisotopic (exact) mass is 291 g/mol. The van der Waals surface area contributed by atoms with E-state index in [1.165, 1.54) is 37.8 Å². The lowest BCUT2D eigenvalue weighted by Crippen LogP contribution is -2.33. The molecule has 0 aromatic carbocycles. The normalized spacial score (nSPS) is 24.4. The second kappa shape index (κ2) is 7.98. The van der Waals surface area contributed by atoms with Crippen molar-refractivity contribution < 1.29 is 0 Å². The van der Waals surface area contributed by atoms with Crippen molar-refractivity contribution in [1.29, 1.82) is 0 Å². The summed E-state index contributed by atoms with van der Waals surface area (Å²) in [6.07, 6.45) is 8.66. The van der Waals surface area contributed by atoms with Gasteiger partial charge in [0.25, 0.3) is 0 Å². The maximum Gasteiger partial charge on any atom is 0.0556 e. The predicted octanol–water partition coefficient (Wildman–Crippen LogP) is 4.41. The molecule has 3 heteroatoms. The lowest BCUT2D eigenvalue weighted by molar-refractivity contribution is 0.185. The van der Waals surface area contributed by atoms with Gasteiger partial charge in [-0.25, -0.2) is 0 Å². The third-order valence-electron chi connectivity index (χ3n) is 5.21. The number of rotatable bonds is 7. The summed E-state index contributed by atoms with van der Waals surface area (Å²) in [6, 6.07) is 2.70. The fourth-order valence-corrected chi connectivity index (χ4v) is 3.83. The quantitative estimate of drug-likeness (QED) is 0.806. The maximum absolute atomic E-state index is 4.48. The zero-order chi connectivity index (χ0) is 15.2. The van der Waals surface area contributed by atoms with Crippen molar-refractivity contribution >= 4 is 0 Å². The molecule has 1 fully saturated rings. The second-order valence-electron chi connectivity index (χ2n) is 6.92. The van der Waals surface area contributed by atoms with Crippen LogP contribution in [0, 0.1) is 17.8 Å². The fraction of sp³-hybridized carbons (Fsp3) is 0.833. The molecule has 3 nitrogen and oxygen atoms in total. The lowest BCUT2D eigenvalue weighted by atomic mass is 9.74. The van der Waals surface area contributed by atoms with E-state index < -0.39 is 0 Å². The summed E-state index contributed by atoms with van der Waals surface area (Å²) in [6.45, 7) is 11.3. The van der Waals surface area contributed by atoms with Crippen LogP contribution in [-0.4, -0.2) is 16.3 Å². The number of nitrogens with one attached hydrogen (secondary N) is 1. The summed E-state index contributed by atoms with van der Waals surface area (Å²) in [5.74, 6) is 2.55. The van der Waals surface area contributed by atoms with Crippen molar-refractivity contribution in [1.82, 2.24) is 15.1 Å². The van der Waals surface area contributed by atoms with Gasteiger partial charge in [-0.1, -0.05) is 20.8 Å². The van der Waals surface area contributed by atoms with E-state index in [2.05, 4.69) is 48.9 Å². The molecule has 0 aliphatic heterocycles. The third-order valence-corrected chi connectivity index (χ3v) is 5.21. The minimum atomic E-state index is 0.487. The molecule has 1 aromatic heterocycles. The van der Waals surface area contributed by atoms with E-state index in [-0.39, 0.29) is 0 Å². The molecule has 0 bridgehead atoms. The molecule has 1 unspecified atom stereocenters. The smallest absolute Gasteiger partial charge is 0.0556 e. The van der Waals surface area contributed by atoms with Crippen LogP contribution in [0.25, 0.3) is 0 Å². The van der Waals surface area contributed by atoms with Crippen LogP contribution in [0.15, 0.2) is 12.3 Å².